The Morgan fingerprint density at radius 3 is 2.13 bits per heavy atom. The lowest BCUT2D eigenvalue weighted by Crippen LogP contribution is -2.66. The second-order valence-electron chi connectivity index (χ2n) is 16.9. The Kier molecular flexibility index (Phi) is 21.6. The third kappa shape index (κ3) is 14.6. The number of carbonyl (C=O) groups excluding carboxylic acids is 5. The molecule has 0 unspecified atom stereocenters. The predicted molar refractivity (Wildman–Crippen MR) is 224 cm³/mol. The Hall–Kier alpha value is -3.29. The quantitative estimate of drug-likeness (QED) is 0.138. The highest BCUT2D eigenvalue weighted by Crippen LogP contribution is 2.39. The summed E-state index contributed by atoms with van der Waals surface area (Å²) in [7, 11) is 6.46. The van der Waals surface area contributed by atoms with E-state index in [1.54, 1.807) is 78.8 Å². The summed E-state index contributed by atoms with van der Waals surface area (Å²) >= 11 is 0. The third-order valence-electron chi connectivity index (χ3n) is 11.9. The van der Waals surface area contributed by atoms with Crippen LogP contribution in [-0.2, 0) is 71.3 Å². The van der Waals surface area contributed by atoms with Gasteiger partial charge in [-0.25, -0.2) is 0 Å². The number of esters is 4. The van der Waals surface area contributed by atoms with Gasteiger partial charge in [0, 0.05) is 52.7 Å². The number of likely N-dealkylation sites (N-methyl/N-ethyl adjacent to an activating group) is 1. The second kappa shape index (κ2) is 25.3. The third-order valence-corrected chi connectivity index (χ3v) is 11.9. The van der Waals surface area contributed by atoms with Crippen molar-refractivity contribution in [2.45, 2.75) is 192 Å². The Balaban J connectivity index is 2.08. The number of ether oxygens (including phenoxy) is 10. The van der Waals surface area contributed by atoms with Crippen molar-refractivity contribution >= 4 is 30.2 Å². The van der Waals surface area contributed by atoms with Gasteiger partial charge in [0.25, 0.3) is 0 Å². The van der Waals surface area contributed by atoms with E-state index in [1.165, 1.54) is 14.2 Å². The van der Waals surface area contributed by atoms with Gasteiger partial charge in [-0.2, -0.15) is 0 Å². The van der Waals surface area contributed by atoms with Gasteiger partial charge in [0.05, 0.1) is 30.8 Å². The molecule has 0 aromatic rings. The lowest BCUT2D eigenvalue weighted by atomic mass is 9.82. The number of aliphatic hydroxyl groups excluding tert-OH is 1. The number of methoxy groups -OCH3 is 2. The van der Waals surface area contributed by atoms with E-state index in [2.05, 4.69) is 0 Å². The van der Waals surface area contributed by atoms with E-state index in [4.69, 9.17) is 47.4 Å². The zero-order valence-corrected chi connectivity index (χ0v) is 38.7. The summed E-state index contributed by atoms with van der Waals surface area (Å²) in [4.78, 5) is 65.7. The first-order valence-corrected chi connectivity index (χ1v) is 22.0. The summed E-state index contributed by atoms with van der Waals surface area (Å²) in [6.45, 7) is 14.0. The number of aldehydes is 1. The zero-order valence-electron chi connectivity index (χ0n) is 38.7. The van der Waals surface area contributed by atoms with Crippen molar-refractivity contribution in [3.05, 3.63) is 24.3 Å². The molecule has 2 fully saturated rings. The molecule has 0 aromatic carbocycles. The van der Waals surface area contributed by atoms with Crippen molar-refractivity contribution in [2.75, 3.05) is 28.3 Å². The lowest BCUT2D eigenvalue weighted by molar-refractivity contribution is -0.345. The highest BCUT2D eigenvalue weighted by atomic mass is 16.7. The number of rotatable bonds is 15. The van der Waals surface area contributed by atoms with Crippen molar-refractivity contribution in [3.8, 4) is 0 Å². The van der Waals surface area contributed by atoms with Gasteiger partial charge in [-0.15, -0.1) is 0 Å². The smallest absolute Gasteiger partial charge is 0.309 e. The molecule has 3 aliphatic rings. The first-order chi connectivity index (χ1) is 29.4. The van der Waals surface area contributed by atoms with E-state index in [-0.39, 0.29) is 50.4 Å². The van der Waals surface area contributed by atoms with Crippen molar-refractivity contribution in [3.63, 3.8) is 0 Å². The molecule has 2 saturated heterocycles. The summed E-state index contributed by atoms with van der Waals surface area (Å²) in [5.41, 5.74) is -0.962. The van der Waals surface area contributed by atoms with Gasteiger partial charge in [0.1, 0.15) is 48.5 Å². The SMILES string of the molecule is CCC(=O)O[C@H]1/C=C/C=C/C[C@@H](C)OC(=O)C[C@@H](OC(=O)CC)[C@H](OC)[C@@H](O[C@@H]2O[C@H](C)[C@@H](O[C@H]3C[C@@](C)(OC)[C@@H](OC(=O)CC)[C@H](C)O3)[C@H](N(C)C)[C@H]2O)[C@@H](CC=O)C[C@H]1C. The molecular weight excluding hydrogens is 810 g/mol. The van der Waals surface area contributed by atoms with E-state index in [0.29, 0.717) is 6.42 Å². The Morgan fingerprint density at radius 2 is 1.53 bits per heavy atom. The van der Waals surface area contributed by atoms with Crippen LogP contribution in [0.15, 0.2) is 24.3 Å². The van der Waals surface area contributed by atoms with Gasteiger partial charge >= 0.3 is 23.9 Å². The molecule has 0 saturated carbocycles. The molecular formula is C45H73NO16. The molecule has 1 N–H and O–H groups in total. The molecule has 17 nitrogen and oxygen atoms in total. The molecule has 62 heavy (non-hydrogen) atoms. The highest BCUT2D eigenvalue weighted by Gasteiger charge is 2.53. The molecule has 3 aliphatic heterocycles. The van der Waals surface area contributed by atoms with Gasteiger partial charge in [-0.3, -0.25) is 19.2 Å². The minimum Gasteiger partial charge on any atom is -0.462 e. The van der Waals surface area contributed by atoms with Crippen LogP contribution >= 0.6 is 0 Å². The standard InChI is InChI=1S/C45H73NO16/c1-13-33(48)58-31-20-18-16-17-19-27(5)55-36(51)24-32(59-34(49)14-2)42(53-11)41(30(21-22-47)23-26(31)4)62-44-39(52)38(46(9)10)40(28(6)57-44)61-37-25-45(8,54-12)43(29(7)56-37)60-35(50)15-3/h16-18,20,22,26-32,37-44,52H,13-15,19,21,23-25H2,1-12H3/b17-16+,20-18+/t26-,27-,28-,29+,30+,31+,32-,37+,38-,39-,40-,41+,42+,43+,44+,45-/m1/s1. The summed E-state index contributed by atoms with van der Waals surface area (Å²) in [6.07, 6.45) is -2.83. The molecule has 3 rings (SSSR count). The molecule has 0 radical (unpaired) electrons. The topological polar surface area (TPSA) is 201 Å². The minimum atomic E-state index is -1.39. The number of nitrogens with zero attached hydrogens (tertiary/aromatic N) is 1. The van der Waals surface area contributed by atoms with Crippen LogP contribution in [-0.4, -0.2) is 154 Å². The first kappa shape index (κ1) is 53.1. The van der Waals surface area contributed by atoms with Crippen molar-refractivity contribution in [1.29, 1.82) is 0 Å². The van der Waals surface area contributed by atoms with E-state index in [1.807, 2.05) is 19.9 Å². The van der Waals surface area contributed by atoms with Crippen LogP contribution < -0.4 is 0 Å². The molecule has 0 bridgehead atoms. The molecule has 0 aromatic heterocycles. The van der Waals surface area contributed by atoms with E-state index >= 15 is 0 Å². The highest BCUT2D eigenvalue weighted by molar-refractivity contribution is 5.73. The largest absolute Gasteiger partial charge is 0.462 e. The molecule has 0 spiro atoms. The number of aliphatic hydroxyl groups is 1. The maximum atomic E-state index is 13.5. The fraction of sp³-hybridized carbons (Fsp3) is 0.800. The zero-order chi connectivity index (χ0) is 46.3. The fourth-order valence-electron chi connectivity index (χ4n) is 8.38. The predicted octanol–water partition coefficient (Wildman–Crippen LogP) is 4.38. The van der Waals surface area contributed by atoms with Crippen LogP contribution in [0.3, 0.4) is 0 Å². The molecule has 3 heterocycles. The second-order valence-corrected chi connectivity index (χ2v) is 16.9. The van der Waals surface area contributed by atoms with Gasteiger partial charge < -0.3 is 62.2 Å². The Labute approximate surface area is 367 Å². The Bertz CT molecular complexity index is 1510. The number of hydrogen-bond acceptors (Lipinski definition) is 17. The number of cyclic esters (lactones) is 1. The summed E-state index contributed by atoms with van der Waals surface area (Å²) in [5, 5.41) is 12.2. The van der Waals surface area contributed by atoms with Crippen LogP contribution in [0.25, 0.3) is 0 Å². The van der Waals surface area contributed by atoms with Crippen LogP contribution in [0.1, 0.15) is 107 Å². The molecule has 354 valence electrons. The molecule has 0 amide bonds. The van der Waals surface area contributed by atoms with Crippen LogP contribution in [0, 0.1) is 11.8 Å². The van der Waals surface area contributed by atoms with Crippen LogP contribution in [0.2, 0.25) is 0 Å². The molecule has 17 heteroatoms. The normalized spacial score (nSPS) is 38.6. The minimum absolute atomic E-state index is 0.00819. The van der Waals surface area contributed by atoms with E-state index < -0.39 is 116 Å². The molecule has 0 aliphatic carbocycles. The number of hydrogen-bond donors (Lipinski definition) is 1. The monoisotopic (exact) mass is 883 g/mol. The maximum absolute atomic E-state index is 13.5. The van der Waals surface area contributed by atoms with E-state index in [9.17, 15) is 29.1 Å². The number of carbonyl (C=O) groups is 5. The summed E-state index contributed by atoms with van der Waals surface area (Å²) in [5.74, 6) is -3.17. The van der Waals surface area contributed by atoms with Crippen molar-refractivity contribution in [2.24, 2.45) is 11.8 Å². The number of allylic oxidation sites excluding steroid dienone is 2. The average Bonchev–Trinajstić information content (AvgIpc) is 3.22. The molecule has 16 atom stereocenters. The van der Waals surface area contributed by atoms with Crippen molar-refractivity contribution in [1.82, 2.24) is 4.90 Å². The summed E-state index contributed by atoms with van der Waals surface area (Å²) in [6, 6.07) is -0.760. The summed E-state index contributed by atoms with van der Waals surface area (Å²) < 4.78 is 61.3. The Morgan fingerprint density at radius 1 is 0.887 bits per heavy atom. The van der Waals surface area contributed by atoms with E-state index in [0.717, 1.165) is 6.29 Å². The van der Waals surface area contributed by atoms with Gasteiger partial charge in [-0.05, 0) is 66.1 Å². The lowest BCUT2D eigenvalue weighted by Gasteiger charge is -2.51. The average molecular weight is 884 g/mol. The van der Waals surface area contributed by atoms with Gasteiger partial charge in [0.15, 0.2) is 18.7 Å². The van der Waals surface area contributed by atoms with Gasteiger partial charge in [0.2, 0.25) is 0 Å². The van der Waals surface area contributed by atoms with Crippen molar-refractivity contribution < 1.29 is 76.4 Å². The van der Waals surface area contributed by atoms with Crippen LogP contribution in [0.4, 0.5) is 0 Å². The fourth-order valence-corrected chi connectivity index (χ4v) is 8.38. The van der Waals surface area contributed by atoms with Crippen LogP contribution in [0.5, 0.6) is 0 Å². The maximum Gasteiger partial charge on any atom is 0.309 e. The first-order valence-electron chi connectivity index (χ1n) is 22.0. The van der Waals surface area contributed by atoms with Gasteiger partial charge in [-0.1, -0.05) is 45.9 Å².